The van der Waals surface area contributed by atoms with E-state index in [0.717, 1.165) is 0 Å². The van der Waals surface area contributed by atoms with E-state index < -0.39 is 5.82 Å². The van der Waals surface area contributed by atoms with Crippen molar-refractivity contribution in [3.63, 3.8) is 0 Å². The van der Waals surface area contributed by atoms with Crippen LogP contribution in [0.15, 0.2) is 30.6 Å². The minimum Gasteiger partial charge on any atom is -0.361 e. The van der Waals surface area contributed by atoms with Gasteiger partial charge >= 0.3 is 0 Å². The van der Waals surface area contributed by atoms with Gasteiger partial charge in [0.1, 0.15) is 12.1 Å². The molecular formula is C13H13F2N3. The fraction of sp³-hybridized carbons (Fsp3) is 0.231. The van der Waals surface area contributed by atoms with E-state index in [1.165, 1.54) is 12.4 Å². The fourth-order valence-electron chi connectivity index (χ4n) is 1.67. The molecule has 1 heterocycles. The van der Waals surface area contributed by atoms with E-state index in [2.05, 4.69) is 15.3 Å². The normalized spacial score (nSPS) is 12.2. The summed E-state index contributed by atoms with van der Waals surface area (Å²) in [6, 6.07) is 5.99. The van der Waals surface area contributed by atoms with Crippen molar-refractivity contribution in [1.29, 1.82) is 0 Å². The SMILES string of the molecule is Cc1ncnc(NC(C)c2ccccc2F)c1F. The number of nitrogens with zero attached hydrogens (tertiary/aromatic N) is 2. The molecule has 1 aromatic carbocycles. The molecule has 1 aromatic heterocycles. The Kier molecular flexibility index (Phi) is 3.50. The van der Waals surface area contributed by atoms with Gasteiger partial charge in [-0.3, -0.25) is 0 Å². The second kappa shape index (κ2) is 5.08. The van der Waals surface area contributed by atoms with Gasteiger partial charge in [0.2, 0.25) is 0 Å². The molecule has 0 aliphatic carbocycles. The molecule has 0 spiro atoms. The first-order valence-corrected chi connectivity index (χ1v) is 5.57. The molecule has 2 rings (SSSR count). The maximum atomic E-state index is 13.7. The summed E-state index contributed by atoms with van der Waals surface area (Å²) in [6.45, 7) is 3.30. The molecule has 5 heteroatoms. The van der Waals surface area contributed by atoms with Gasteiger partial charge in [0.15, 0.2) is 11.6 Å². The van der Waals surface area contributed by atoms with Crippen LogP contribution in [-0.2, 0) is 0 Å². The molecule has 1 unspecified atom stereocenters. The van der Waals surface area contributed by atoms with E-state index in [4.69, 9.17) is 0 Å². The van der Waals surface area contributed by atoms with Gasteiger partial charge in [-0.1, -0.05) is 18.2 Å². The van der Waals surface area contributed by atoms with Crippen molar-refractivity contribution in [2.45, 2.75) is 19.9 Å². The molecule has 0 aliphatic rings. The molecule has 0 saturated carbocycles. The highest BCUT2D eigenvalue weighted by Gasteiger charge is 2.14. The van der Waals surface area contributed by atoms with Crippen LogP contribution in [0.25, 0.3) is 0 Å². The summed E-state index contributed by atoms with van der Waals surface area (Å²) in [5.74, 6) is -0.761. The van der Waals surface area contributed by atoms with Gasteiger partial charge < -0.3 is 5.32 Å². The van der Waals surface area contributed by atoms with Gasteiger partial charge in [0, 0.05) is 5.56 Å². The van der Waals surface area contributed by atoms with Crippen molar-refractivity contribution in [3.8, 4) is 0 Å². The Labute approximate surface area is 104 Å². The van der Waals surface area contributed by atoms with Gasteiger partial charge in [-0.25, -0.2) is 18.7 Å². The van der Waals surface area contributed by atoms with Crippen LogP contribution in [-0.4, -0.2) is 9.97 Å². The van der Waals surface area contributed by atoms with E-state index >= 15 is 0 Å². The lowest BCUT2D eigenvalue weighted by Gasteiger charge is -2.16. The van der Waals surface area contributed by atoms with Crippen LogP contribution < -0.4 is 5.32 Å². The van der Waals surface area contributed by atoms with Crippen molar-refractivity contribution >= 4 is 5.82 Å². The Bertz CT molecular complexity index is 558. The lowest BCUT2D eigenvalue weighted by Crippen LogP contribution is -2.12. The molecule has 0 amide bonds. The van der Waals surface area contributed by atoms with E-state index in [-0.39, 0.29) is 23.4 Å². The quantitative estimate of drug-likeness (QED) is 0.907. The molecule has 0 saturated heterocycles. The zero-order valence-corrected chi connectivity index (χ0v) is 10.1. The van der Waals surface area contributed by atoms with Crippen molar-refractivity contribution in [2.24, 2.45) is 0 Å². The Morgan fingerprint density at radius 1 is 1.17 bits per heavy atom. The number of nitrogens with one attached hydrogen (secondary N) is 1. The van der Waals surface area contributed by atoms with E-state index in [0.29, 0.717) is 5.56 Å². The number of rotatable bonds is 3. The van der Waals surface area contributed by atoms with Gasteiger partial charge in [0.05, 0.1) is 11.7 Å². The van der Waals surface area contributed by atoms with Crippen molar-refractivity contribution < 1.29 is 8.78 Å². The lowest BCUT2D eigenvalue weighted by atomic mass is 10.1. The average molecular weight is 249 g/mol. The van der Waals surface area contributed by atoms with Gasteiger partial charge in [-0.15, -0.1) is 0 Å². The first kappa shape index (κ1) is 12.4. The minimum atomic E-state index is -0.513. The van der Waals surface area contributed by atoms with Crippen LogP contribution in [0.5, 0.6) is 0 Å². The second-order valence-corrected chi connectivity index (χ2v) is 4.01. The first-order valence-electron chi connectivity index (χ1n) is 5.57. The van der Waals surface area contributed by atoms with Crippen LogP contribution in [0.4, 0.5) is 14.6 Å². The smallest absolute Gasteiger partial charge is 0.186 e. The van der Waals surface area contributed by atoms with Crippen molar-refractivity contribution in [2.75, 3.05) is 5.32 Å². The molecule has 3 nitrogen and oxygen atoms in total. The van der Waals surface area contributed by atoms with E-state index in [1.54, 1.807) is 32.0 Å². The monoisotopic (exact) mass is 249 g/mol. The fourth-order valence-corrected chi connectivity index (χ4v) is 1.67. The van der Waals surface area contributed by atoms with E-state index in [1.807, 2.05) is 0 Å². The minimum absolute atomic E-state index is 0.0817. The standard InChI is InChI=1S/C13H13F2N3/c1-8(10-5-3-4-6-11(10)14)18-13-12(15)9(2)16-7-17-13/h3-8H,1-2H3,(H,16,17,18). The third kappa shape index (κ3) is 2.45. The maximum Gasteiger partial charge on any atom is 0.186 e. The summed E-state index contributed by atoms with van der Waals surface area (Å²) in [5.41, 5.74) is 0.724. The summed E-state index contributed by atoms with van der Waals surface area (Å²) in [4.78, 5) is 7.55. The largest absolute Gasteiger partial charge is 0.361 e. The molecule has 0 bridgehead atoms. The molecular weight excluding hydrogens is 236 g/mol. The topological polar surface area (TPSA) is 37.8 Å². The Morgan fingerprint density at radius 3 is 2.61 bits per heavy atom. The van der Waals surface area contributed by atoms with Gasteiger partial charge in [0.25, 0.3) is 0 Å². The first-order chi connectivity index (χ1) is 8.59. The molecule has 2 aromatic rings. The highest BCUT2D eigenvalue weighted by atomic mass is 19.1. The van der Waals surface area contributed by atoms with Crippen LogP contribution in [0, 0.1) is 18.6 Å². The van der Waals surface area contributed by atoms with Gasteiger partial charge in [-0.2, -0.15) is 0 Å². The number of aryl methyl sites for hydroxylation is 1. The predicted octanol–water partition coefficient (Wildman–Crippen LogP) is 3.24. The van der Waals surface area contributed by atoms with E-state index in [9.17, 15) is 8.78 Å². The molecule has 1 N–H and O–H groups in total. The van der Waals surface area contributed by atoms with Gasteiger partial charge in [-0.05, 0) is 19.9 Å². The third-order valence-electron chi connectivity index (χ3n) is 2.69. The number of halogens is 2. The highest BCUT2D eigenvalue weighted by molar-refractivity contribution is 5.40. The average Bonchev–Trinajstić information content (AvgIpc) is 2.35. The predicted molar refractivity (Wildman–Crippen MR) is 65.2 cm³/mol. The number of hydrogen-bond acceptors (Lipinski definition) is 3. The van der Waals surface area contributed by atoms with Crippen molar-refractivity contribution in [1.82, 2.24) is 9.97 Å². The lowest BCUT2D eigenvalue weighted by molar-refractivity contribution is 0.588. The summed E-state index contributed by atoms with van der Waals surface area (Å²) in [6.07, 6.45) is 1.27. The van der Waals surface area contributed by atoms with Crippen molar-refractivity contribution in [3.05, 3.63) is 53.5 Å². The summed E-state index contributed by atoms with van der Waals surface area (Å²) < 4.78 is 27.3. The Morgan fingerprint density at radius 2 is 1.89 bits per heavy atom. The Hall–Kier alpha value is -2.04. The van der Waals surface area contributed by atoms with Crippen LogP contribution in [0.3, 0.4) is 0 Å². The molecule has 94 valence electrons. The number of anilines is 1. The molecule has 1 atom stereocenters. The zero-order valence-electron chi connectivity index (χ0n) is 10.1. The highest BCUT2D eigenvalue weighted by Crippen LogP contribution is 2.22. The molecule has 0 fully saturated rings. The second-order valence-electron chi connectivity index (χ2n) is 4.01. The third-order valence-corrected chi connectivity index (χ3v) is 2.69. The summed E-state index contributed by atoms with van der Waals surface area (Å²) >= 11 is 0. The molecule has 0 radical (unpaired) electrons. The van der Waals surface area contributed by atoms with Crippen LogP contribution in [0.1, 0.15) is 24.2 Å². The zero-order chi connectivity index (χ0) is 13.1. The Balaban J connectivity index is 2.24. The van der Waals surface area contributed by atoms with Crippen LogP contribution >= 0.6 is 0 Å². The number of hydrogen-bond donors (Lipinski definition) is 1. The summed E-state index contributed by atoms with van der Waals surface area (Å²) in [5, 5.41) is 2.84. The number of benzene rings is 1. The summed E-state index contributed by atoms with van der Waals surface area (Å²) in [7, 11) is 0. The van der Waals surface area contributed by atoms with Crippen LogP contribution in [0.2, 0.25) is 0 Å². The number of aromatic nitrogens is 2. The molecule has 18 heavy (non-hydrogen) atoms. The maximum absolute atomic E-state index is 13.7. The molecule has 0 aliphatic heterocycles.